The van der Waals surface area contributed by atoms with Gasteiger partial charge in [0.05, 0.1) is 0 Å². The van der Waals surface area contributed by atoms with Crippen LogP contribution in [0.15, 0.2) is 0 Å². The molecule has 0 aliphatic rings. The van der Waals surface area contributed by atoms with Crippen molar-refractivity contribution in [3.05, 3.63) is 0 Å². The number of hydrogen-bond donors (Lipinski definition) is 0. The van der Waals surface area contributed by atoms with Crippen LogP contribution in [-0.4, -0.2) is 12.8 Å². The topological polar surface area (TPSA) is 0 Å². The molecule has 0 N–H and O–H groups in total. The quantitative estimate of drug-likeness (QED) is 0.394. The van der Waals surface area contributed by atoms with Gasteiger partial charge in [-0.05, 0) is 19.2 Å². The van der Waals surface area contributed by atoms with Crippen LogP contribution in [0.3, 0.4) is 0 Å². The summed E-state index contributed by atoms with van der Waals surface area (Å²) in [4.78, 5) is 0. The van der Waals surface area contributed by atoms with Crippen molar-refractivity contribution in [1.29, 1.82) is 0 Å². The zero-order chi connectivity index (χ0) is 7.66. The van der Waals surface area contributed by atoms with Gasteiger partial charge in [0.2, 0.25) is 0 Å². The van der Waals surface area contributed by atoms with Crippen LogP contribution in [0.5, 0.6) is 0 Å². The van der Waals surface area contributed by atoms with Crippen molar-refractivity contribution in [2.45, 2.75) is 45.4 Å². The van der Waals surface area contributed by atoms with E-state index in [1.54, 1.807) is 0 Å². The lowest BCUT2D eigenvalue weighted by Crippen LogP contribution is -1.79. The predicted octanol–water partition coefficient (Wildman–Crippen LogP) is 3.66. The summed E-state index contributed by atoms with van der Waals surface area (Å²) in [5.74, 6) is 0. The van der Waals surface area contributed by atoms with Gasteiger partial charge < -0.3 is 0 Å². The number of rotatable bonds is 7. The standard InChI is InChI=1S/C9H21P/c1-3-4-5-6-7-8-9-10-2/h10H,3-9H2,1-2H3. The fourth-order valence-corrected chi connectivity index (χ4v) is 1.69. The predicted molar refractivity (Wildman–Crippen MR) is 52.5 cm³/mol. The smallest absolute Gasteiger partial charge is 0.0356 e. The van der Waals surface area contributed by atoms with E-state index in [-0.39, 0.29) is 0 Å². The van der Waals surface area contributed by atoms with Gasteiger partial charge in [0.1, 0.15) is 0 Å². The summed E-state index contributed by atoms with van der Waals surface area (Å²) in [5, 5.41) is 0. The molecule has 0 heterocycles. The van der Waals surface area contributed by atoms with Crippen LogP contribution in [0.2, 0.25) is 0 Å². The Bertz CT molecular complexity index is 44.7. The zero-order valence-corrected chi connectivity index (χ0v) is 8.45. The van der Waals surface area contributed by atoms with Gasteiger partial charge in [-0.15, -0.1) is 8.58 Å². The van der Waals surface area contributed by atoms with Crippen molar-refractivity contribution in [1.82, 2.24) is 0 Å². The molecule has 10 heavy (non-hydrogen) atoms. The average molecular weight is 160 g/mol. The summed E-state index contributed by atoms with van der Waals surface area (Å²) >= 11 is 0. The molecule has 0 aliphatic heterocycles. The lowest BCUT2D eigenvalue weighted by atomic mass is 10.1. The Morgan fingerprint density at radius 1 is 0.900 bits per heavy atom. The van der Waals surface area contributed by atoms with Gasteiger partial charge in [-0.2, -0.15) is 0 Å². The molecule has 0 aromatic carbocycles. The Balaban J connectivity index is 2.65. The van der Waals surface area contributed by atoms with Crippen LogP contribution in [-0.2, 0) is 0 Å². The van der Waals surface area contributed by atoms with E-state index in [0.717, 1.165) is 0 Å². The first-order valence-corrected chi connectivity index (χ1v) is 6.27. The van der Waals surface area contributed by atoms with E-state index in [1.165, 1.54) is 53.3 Å². The van der Waals surface area contributed by atoms with Gasteiger partial charge in [-0.25, -0.2) is 0 Å². The minimum atomic E-state index is 1.17. The monoisotopic (exact) mass is 160 g/mol. The van der Waals surface area contributed by atoms with Gasteiger partial charge in [0.15, 0.2) is 0 Å². The van der Waals surface area contributed by atoms with Crippen molar-refractivity contribution >= 4 is 8.58 Å². The fraction of sp³-hybridized carbons (Fsp3) is 1.00. The molecule has 0 saturated carbocycles. The lowest BCUT2D eigenvalue weighted by molar-refractivity contribution is 0.626. The van der Waals surface area contributed by atoms with Crippen molar-refractivity contribution in [2.24, 2.45) is 0 Å². The van der Waals surface area contributed by atoms with E-state index in [9.17, 15) is 0 Å². The Kier molecular flexibility index (Phi) is 9.84. The molecule has 0 rings (SSSR count). The van der Waals surface area contributed by atoms with E-state index < -0.39 is 0 Å². The Morgan fingerprint density at radius 2 is 1.50 bits per heavy atom. The maximum atomic E-state index is 2.30. The second kappa shape index (κ2) is 9.43. The molecule has 0 fully saturated rings. The maximum Gasteiger partial charge on any atom is -0.0356 e. The van der Waals surface area contributed by atoms with Gasteiger partial charge in [-0.3, -0.25) is 0 Å². The summed E-state index contributed by atoms with van der Waals surface area (Å²) < 4.78 is 0. The molecule has 0 bridgehead atoms. The van der Waals surface area contributed by atoms with Gasteiger partial charge >= 0.3 is 0 Å². The first-order chi connectivity index (χ1) is 4.91. The molecular formula is C9H21P. The molecule has 0 amide bonds. The Hall–Kier alpha value is 0.430. The van der Waals surface area contributed by atoms with Crippen LogP contribution >= 0.6 is 8.58 Å². The molecule has 0 radical (unpaired) electrons. The summed E-state index contributed by atoms with van der Waals surface area (Å²) in [7, 11) is 1.17. The summed E-state index contributed by atoms with van der Waals surface area (Å²) in [5.41, 5.74) is 0. The molecule has 0 saturated heterocycles. The Morgan fingerprint density at radius 3 is 2.10 bits per heavy atom. The first-order valence-electron chi connectivity index (χ1n) is 4.56. The minimum absolute atomic E-state index is 1.17. The van der Waals surface area contributed by atoms with Crippen LogP contribution in [0.25, 0.3) is 0 Å². The van der Waals surface area contributed by atoms with Crippen LogP contribution in [0.1, 0.15) is 45.4 Å². The fourth-order valence-electron chi connectivity index (χ4n) is 1.08. The second-order valence-electron chi connectivity index (χ2n) is 2.87. The molecular weight excluding hydrogens is 139 g/mol. The van der Waals surface area contributed by atoms with Crippen LogP contribution in [0, 0.1) is 0 Å². The third-order valence-corrected chi connectivity index (χ3v) is 2.63. The number of hydrogen-bond acceptors (Lipinski definition) is 0. The SMILES string of the molecule is CCCCCCCCPC. The van der Waals surface area contributed by atoms with E-state index in [4.69, 9.17) is 0 Å². The highest BCUT2D eigenvalue weighted by atomic mass is 31.1. The molecule has 62 valence electrons. The van der Waals surface area contributed by atoms with Gasteiger partial charge in [0.25, 0.3) is 0 Å². The minimum Gasteiger partial charge on any atom is -0.125 e. The molecule has 0 aromatic rings. The van der Waals surface area contributed by atoms with E-state index in [2.05, 4.69) is 13.6 Å². The van der Waals surface area contributed by atoms with E-state index >= 15 is 0 Å². The van der Waals surface area contributed by atoms with Crippen LogP contribution in [0.4, 0.5) is 0 Å². The summed E-state index contributed by atoms with van der Waals surface area (Å²) in [6.45, 7) is 4.57. The average Bonchev–Trinajstić information content (AvgIpc) is 1.97. The van der Waals surface area contributed by atoms with Crippen LogP contribution < -0.4 is 0 Å². The second-order valence-corrected chi connectivity index (χ2v) is 4.08. The molecule has 1 atom stereocenters. The van der Waals surface area contributed by atoms with Crippen molar-refractivity contribution in [3.8, 4) is 0 Å². The Labute approximate surface area is 67.6 Å². The highest BCUT2D eigenvalue weighted by Crippen LogP contribution is 2.10. The van der Waals surface area contributed by atoms with Crippen molar-refractivity contribution in [3.63, 3.8) is 0 Å². The van der Waals surface area contributed by atoms with Crippen molar-refractivity contribution < 1.29 is 0 Å². The first kappa shape index (κ1) is 10.4. The molecule has 0 spiro atoms. The number of unbranched alkanes of at least 4 members (excludes halogenated alkanes) is 5. The normalized spacial score (nSPS) is 11.4. The lowest BCUT2D eigenvalue weighted by Gasteiger charge is -1.97. The molecule has 1 unspecified atom stereocenters. The highest BCUT2D eigenvalue weighted by molar-refractivity contribution is 7.36. The molecule has 0 aliphatic carbocycles. The van der Waals surface area contributed by atoms with Gasteiger partial charge in [-0.1, -0.05) is 39.0 Å². The molecule has 1 heteroatoms. The summed E-state index contributed by atoms with van der Waals surface area (Å²) in [6, 6.07) is 0. The third kappa shape index (κ3) is 8.43. The largest absolute Gasteiger partial charge is 0.125 e. The van der Waals surface area contributed by atoms with Gasteiger partial charge in [0, 0.05) is 0 Å². The summed E-state index contributed by atoms with van der Waals surface area (Å²) in [6.07, 6.45) is 10.2. The van der Waals surface area contributed by atoms with Crippen molar-refractivity contribution in [2.75, 3.05) is 12.8 Å². The molecule has 0 nitrogen and oxygen atoms in total. The highest BCUT2D eigenvalue weighted by Gasteiger charge is 1.87. The van der Waals surface area contributed by atoms with E-state index in [1.807, 2.05) is 0 Å². The molecule has 0 aromatic heterocycles. The van der Waals surface area contributed by atoms with E-state index in [0.29, 0.717) is 0 Å². The third-order valence-electron chi connectivity index (χ3n) is 1.78. The maximum absolute atomic E-state index is 2.30. The zero-order valence-electron chi connectivity index (χ0n) is 7.45.